The molecule has 0 radical (unpaired) electrons. The summed E-state index contributed by atoms with van der Waals surface area (Å²) in [4.78, 5) is 3.94. The van der Waals surface area contributed by atoms with Gasteiger partial charge in [0.1, 0.15) is 0 Å². The number of rotatable bonds is 4. The molecule has 1 atom stereocenters. The first-order valence-corrected chi connectivity index (χ1v) is 5.60. The van der Waals surface area contributed by atoms with Crippen molar-refractivity contribution in [3.05, 3.63) is 24.5 Å². The maximum atomic E-state index is 5.18. The number of aromatic nitrogens is 1. The Labute approximate surface area is 96.3 Å². The predicted molar refractivity (Wildman–Crippen MR) is 68.0 cm³/mol. The van der Waals surface area contributed by atoms with Crippen molar-refractivity contribution in [2.75, 3.05) is 5.32 Å². The molecule has 0 aliphatic heterocycles. The number of nitrogens with zero attached hydrogens (tertiary/aromatic N) is 1. The van der Waals surface area contributed by atoms with Crippen molar-refractivity contribution >= 4 is 23.0 Å². The zero-order valence-electron chi connectivity index (χ0n) is 9.16. The molecule has 1 heterocycles. The maximum absolute atomic E-state index is 5.18. The Morgan fingerprint density at radius 1 is 1.47 bits per heavy atom. The van der Waals surface area contributed by atoms with Gasteiger partial charge in [-0.2, -0.15) is 0 Å². The van der Waals surface area contributed by atoms with Gasteiger partial charge in [0.05, 0.1) is 0 Å². The third-order valence-electron chi connectivity index (χ3n) is 2.04. The van der Waals surface area contributed by atoms with Gasteiger partial charge in [0.2, 0.25) is 0 Å². The van der Waals surface area contributed by atoms with E-state index >= 15 is 0 Å². The van der Waals surface area contributed by atoms with Gasteiger partial charge in [-0.05, 0) is 37.7 Å². The Kier molecular flexibility index (Phi) is 5.04. The predicted octanol–water partition coefficient (Wildman–Crippen LogP) is 2.56. The first kappa shape index (κ1) is 11.9. The Balaban J connectivity index is 2.36. The number of pyridine rings is 1. The van der Waals surface area contributed by atoms with Crippen LogP contribution in [0.3, 0.4) is 0 Å². The van der Waals surface area contributed by atoms with E-state index in [1.807, 2.05) is 12.1 Å². The fraction of sp³-hybridized carbons (Fsp3) is 0.455. The minimum atomic E-state index is 0.414. The molecule has 0 aromatic carbocycles. The molecule has 1 aromatic heterocycles. The molecule has 0 spiro atoms. The third-order valence-corrected chi connectivity index (χ3v) is 2.26. The van der Waals surface area contributed by atoms with E-state index in [9.17, 15) is 0 Å². The number of nitrogens with one attached hydrogen (secondary N) is 2. The second-order valence-corrected chi connectivity index (χ2v) is 3.93. The highest BCUT2D eigenvalue weighted by molar-refractivity contribution is 7.80. The van der Waals surface area contributed by atoms with Gasteiger partial charge in [0.25, 0.3) is 0 Å². The van der Waals surface area contributed by atoms with E-state index in [4.69, 9.17) is 12.2 Å². The highest BCUT2D eigenvalue weighted by Crippen LogP contribution is 2.03. The molecule has 0 aliphatic carbocycles. The molecule has 0 aliphatic rings. The fourth-order valence-electron chi connectivity index (χ4n) is 1.33. The fourth-order valence-corrected chi connectivity index (χ4v) is 1.65. The van der Waals surface area contributed by atoms with Crippen LogP contribution in [-0.2, 0) is 0 Å². The van der Waals surface area contributed by atoms with Gasteiger partial charge in [0.15, 0.2) is 5.11 Å². The van der Waals surface area contributed by atoms with Crippen molar-refractivity contribution in [3.8, 4) is 0 Å². The lowest BCUT2D eigenvalue weighted by molar-refractivity contribution is 0.599. The molecule has 1 aromatic rings. The quantitative estimate of drug-likeness (QED) is 0.769. The zero-order valence-corrected chi connectivity index (χ0v) is 9.97. The van der Waals surface area contributed by atoms with Crippen molar-refractivity contribution in [1.29, 1.82) is 0 Å². The van der Waals surface area contributed by atoms with Gasteiger partial charge >= 0.3 is 0 Å². The second-order valence-electron chi connectivity index (χ2n) is 3.52. The molecule has 3 nitrogen and oxygen atoms in total. The Bertz CT molecular complexity index is 300. The summed E-state index contributed by atoms with van der Waals surface area (Å²) < 4.78 is 0. The summed E-state index contributed by atoms with van der Waals surface area (Å²) in [6.07, 6.45) is 5.75. The van der Waals surface area contributed by atoms with Crippen LogP contribution in [-0.4, -0.2) is 16.1 Å². The molecular formula is C11H17N3S. The summed E-state index contributed by atoms with van der Waals surface area (Å²) in [5.41, 5.74) is 0.964. The molecule has 0 amide bonds. The highest BCUT2D eigenvalue weighted by Gasteiger charge is 2.02. The molecule has 82 valence electrons. The van der Waals surface area contributed by atoms with E-state index < -0.39 is 0 Å². The first-order valence-electron chi connectivity index (χ1n) is 5.20. The van der Waals surface area contributed by atoms with Crippen LogP contribution in [0.5, 0.6) is 0 Å². The van der Waals surface area contributed by atoms with E-state index in [1.165, 1.54) is 0 Å². The summed E-state index contributed by atoms with van der Waals surface area (Å²) in [7, 11) is 0. The van der Waals surface area contributed by atoms with Crippen molar-refractivity contribution in [3.63, 3.8) is 0 Å². The standard InChI is InChI=1S/C11H17N3S/c1-3-4-9(2)13-11(15)14-10-5-7-12-8-6-10/h5-9H,3-4H2,1-2H3,(H2,12,13,14,15). The van der Waals surface area contributed by atoms with Crippen LogP contribution in [0.15, 0.2) is 24.5 Å². The van der Waals surface area contributed by atoms with Crippen LogP contribution in [0, 0.1) is 0 Å². The zero-order chi connectivity index (χ0) is 11.1. The van der Waals surface area contributed by atoms with E-state index in [1.54, 1.807) is 12.4 Å². The number of hydrogen-bond acceptors (Lipinski definition) is 2. The van der Waals surface area contributed by atoms with E-state index in [2.05, 4.69) is 29.5 Å². The molecule has 0 saturated heterocycles. The molecule has 1 unspecified atom stereocenters. The van der Waals surface area contributed by atoms with Crippen LogP contribution in [0.1, 0.15) is 26.7 Å². The second kappa shape index (κ2) is 6.35. The van der Waals surface area contributed by atoms with Gasteiger partial charge in [-0.25, -0.2) is 0 Å². The topological polar surface area (TPSA) is 37.0 Å². The van der Waals surface area contributed by atoms with E-state index in [0.29, 0.717) is 11.2 Å². The minimum Gasteiger partial charge on any atom is -0.360 e. The number of hydrogen-bond donors (Lipinski definition) is 2. The molecule has 0 fully saturated rings. The van der Waals surface area contributed by atoms with Crippen LogP contribution in [0.25, 0.3) is 0 Å². The van der Waals surface area contributed by atoms with E-state index in [-0.39, 0.29) is 0 Å². The summed E-state index contributed by atoms with van der Waals surface area (Å²) in [6.45, 7) is 4.29. The summed E-state index contributed by atoms with van der Waals surface area (Å²) in [5, 5.41) is 7.01. The van der Waals surface area contributed by atoms with Gasteiger partial charge in [0, 0.05) is 24.1 Å². The Hall–Kier alpha value is -1.16. The molecule has 1 rings (SSSR count). The average molecular weight is 223 g/mol. The van der Waals surface area contributed by atoms with Gasteiger partial charge in [-0.15, -0.1) is 0 Å². The smallest absolute Gasteiger partial charge is 0.170 e. The normalized spacial score (nSPS) is 11.9. The SMILES string of the molecule is CCCC(C)NC(=S)Nc1ccncc1. The van der Waals surface area contributed by atoms with Crippen LogP contribution in [0.2, 0.25) is 0 Å². The molecule has 15 heavy (non-hydrogen) atoms. The maximum Gasteiger partial charge on any atom is 0.170 e. The third kappa shape index (κ3) is 4.74. The number of anilines is 1. The van der Waals surface area contributed by atoms with Crippen molar-refractivity contribution in [1.82, 2.24) is 10.3 Å². The van der Waals surface area contributed by atoms with Crippen molar-refractivity contribution < 1.29 is 0 Å². The van der Waals surface area contributed by atoms with Gasteiger partial charge in [-0.1, -0.05) is 13.3 Å². The van der Waals surface area contributed by atoms with Crippen LogP contribution in [0.4, 0.5) is 5.69 Å². The molecular weight excluding hydrogens is 206 g/mol. The van der Waals surface area contributed by atoms with Gasteiger partial charge < -0.3 is 10.6 Å². The van der Waals surface area contributed by atoms with Crippen LogP contribution >= 0.6 is 12.2 Å². The monoisotopic (exact) mass is 223 g/mol. The van der Waals surface area contributed by atoms with Gasteiger partial charge in [-0.3, -0.25) is 4.98 Å². The Morgan fingerprint density at radius 3 is 2.73 bits per heavy atom. The largest absolute Gasteiger partial charge is 0.360 e. The van der Waals surface area contributed by atoms with Crippen molar-refractivity contribution in [2.24, 2.45) is 0 Å². The lowest BCUT2D eigenvalue weighted by Crippen LogP contribution is -2.35. The number of thiocarbonyl (C=S) groups is 1. The summed E-state index contributed by atoms with van der Waals surface area (Å²) in [6, 6.07) is 4.19. The lowest BCUT2D eigenvalue weighted by Gasteiger charge is -2.15. The molecule has 2 N–H and O–H groups in total. The Morgan fingerprint density at radius 2 is 2.13 bits per heavy atom. The van der Waals surface area contributed by atoms with Crippen molar-refractivity contribution in [2.45, 2.75) is 32.7 Å². The lowest BCUT2D eigenvalue weighted by atomic mass is 10.2. The van der Waals surface area contributed by atoms with E-state index in [0.717, 1.165) is 18.5 Å². The van der Waals surface area contributed by atoms with Crippen LogP contribution < -0.4 is 10.6 Å². The molecule has 0 saturated carbocycles. The summed E-state index contributed by atoms with van der Waals surface area (Å²) in [5.74, 6) is 0. The molecule has 0 bridgehead atoms. The highest BCUT2D eigenvalue weighted by atomic mass is 32.1. The minimum absolute atomic E-state index is 0.414. The summed E-state index contributed by atoms with van der Waals surface area (Å²) >= 11 is 5.18. The molecule has 4 heteroatoms. The average Bonchev–Trinajstić information content (AvgIpc) is 2.19. The first-order chi connectivity index (χ1) is 7.22.